The Bertz CT molecular complexity index is 566. The highest BCUT2D eigenvalue weighted by molar-refractivity contribution is 5.37. The normalized spacial score (nSPS) is 11.6. The number of benzene rings is 1. The zero-order chi connectivity index (χ0) is 14.0. The molecular weight excluding hydrogens is 234 g/mol. The summed E-state index contributed by atoms with van der Waals surface area (Å²) in [7, 11) is 0. The third kappa shape index (κ3) is 3.31. The molecule has 2 N–H and O–H groups in total. The summed E-state index contributed by atoms with van der Waals surface area (Å²) in [6, 6.07) is 6.63. The van der Waals surface area contributed by atoms with Gasteiger partial charge in [0.25, 0.3) is 0 Å². The van der Waals surface area contributed by atoms with E-state index in [2.05, 4.69) is 55.9 Å². The van der Waals surface area contributed by atoms with E-state index in [1.807, 2.05) is 0 Å². The van der Waals surface area contributed by atoms with Crippen LogP contribution in [-0.4, -0.2) is 9.97 Å². The van der Waals surface area contributed by atoms with Crippen molar-refractivity contribution >= 4 is 5.69 Å². The Morgan fingerprint density at radius 2 is 1.74 bits per heavy atom. The largest absolute Gasteiger partial charge is 0.396 e. The minimum Gasteiger partial charge on any atom is -0.396 e. The highest BCUT2D eigenvalue weighted by Gasteiger charge is 2.15. The molecule has 1 aromatic carbocycles. The van der Waals surface area contributed by atoms with Gasteiger partial charge in [-0.05, 0) is 29.0 Å². The Kier molecular flexibility index (Phi) is 3.56. The van der Waals surface area contributed by atoms with Crippen molar-refractivity contribution in [3.63, 3.8) is 0 Å². The zero-order valence-electron chi connectivity index (χ0n) is 12.1. The molecule has 1 heterocycles. The monoisotopic (exact) mass is 255 g/mol. The summed E-state index contributed by atoms with van der Waals surface area (Å²) in [5, 5.41) is 0. The van der Waals surface area contributed by atoms with Gasteiger partial charge in [-0.3, -0.25) is 0 Å². The first-order valence-corrected chi connectivity index (χ1v) is 6.52. The topological polar surface area (TPSA) is 51.8 Å². The van der Waals surface area contributed by atoms with Crippen LogP contribution in [0, 0.1) is 6.92 Å². The number of nitrogens with zero attached hydrogens (tertiary/aromatic N) is 2. The first kappa shape index (κ1) is 13.5. The van der Waals surface area contributed by atoms with Crippen LogP contribution >= 0.6 is 0 Å². The van der Waals surface area contributed by atoms with Crippen LogP contribution in [0.25, 0.3) is 0 Å². The average Bonchev–Trinajstić information content (AvgIpc) is 2.33. The Morgan fingerprint density at radius 3 is 2.32 bits per heavy atom. The number of hydrogen-bond donors (Lipinski definition) is 1. The van der Waals surface area contributed by atoms with Crippen LogP contribution in [-0.2, 0) is 11.8 Å². The fraction of sp³-hybridized carbons (Fsp3) is 0.375. The predicted molar refractivity (Wildman–Crippen MR) is 79.1 cm³/mol. The SMILES string of the molecule is Cc1ccc(C(C)(C)C)cc1Cc1ncc(N)cn1. The van der Waals surface area contributed by atoms with Gasteiger partial charge < -0.3 is 5.73 Å². The average molecular weight is 255 g/mol. The molecule has 0 aliphatic heterocycles. The van der Waals surface area contributed by atoms with Gasteiger partial charge in [-0.2, -0.15) is 0 Å². The number of aromatic nitrogens is 2. The van der Waals surface area contributed by atoms with E-state index in [1.165, 1.54) is 16.7 Å². The van der Waals surface area contributed by atoms with Crippen molar-refractivity contribution in [3.05, 3.63) is 53.1 Å². The van der Waals surface area contributed by atoms with Crippen LogP contribution in [0.5, 0.6) is 0 Å². The molecule has 0 fully saturated rings. The fourth-order valence-electron chi connectivity index (χ4n) is 1.95. The fourth-order valence-corrected chi connectivity index (χ4v) is 1.95. The summed E-state index contributed by atoms with van der Waals surface area (Å²) >= 11 is 0. The van der Waals surface area contributed by atoms with Crippen molar-refractivity contribution < 1.29 is 0 Å². The number of anilines is 1. The molecule has 3 nitrogen and oxygen atoms in total. The molecule has 1 aromatic heterocycles. The lowest BCUT2D eigenvalue weighted by molar-refractivity contribution is 0.589. The maximum Gasteiger partial charge on any atom is 0.132 e. The maximum absolute atomic E-state index is 5.61. The molecule has 0 radical (unpaired) electrons. The number of aryl methyl sites for hydroxylation is 1. The molecule has 0 amide bonds. The predicted octanol–water partition coefficient (Wildman–Crippen LogP) is 3.26. The molecule has 0 aliphatic rings. The summed E-state index contributed by atoms with van der Waals surface area (Å²) in [4.78, 5) is 8.54. The Hall–Kier alpha value is -1.90. The van der Waals surface area contributed by atoms with E-state index in [1.54, 1.807) is 12.4 Å². The van der Waals surface area contributed by atoms with Gasteiger partial charge in [0.05, 0.1) is 18.1 Å². The van der Waals surface area contributed by atoms with Gasteiger partial charge in [-0.15, -0.1) is 0 Å². The standard InChI is InChI=1S/C16H21N3/c1-11-5-6-13(16(2,3)4)7-12(11)8-15-18-9-14(17)10-19-15/h5-7,9-10H,8,17H2,1-4H3. The molecule has 0 saturated heterocycles. The van der Waals surface area contributed by atoms with Crippen molar-refractivity contribution in [1.82, 2.24) is 9.97 Å². The maximum atomic E-state index is 5.61. The van der Waals surface area contributed by atoms with Crippen molar-refractivity contribution in [2.75, 3.05) is 5.73 Å². The van der Waals surface area contributed by atoms with E-state index >= 15 is 0 Å². The van der Waals surface area contributed by atoms with Crippen LogP contribution < -0.4 is 5.73 Å². The van der Waals surface area contributed by atoms with Gasteiger partial charge in [0.15, 0.2) is 0 Å². The molecule has 0 spiro atoms. The molecule has 0 bridgehead atoms. The van der Waals surface area contributed by atoms with Crippen molar-refractivity contribution in [2.45, 2.75) is 39.5 Å². The van der Waals surface area contributed by atoms with E-state index in [4.69, 9.17) is 5.73 Å². The number of rotatable bonds is 2. The summed E-state index contributed by atoms with van der Waals surface area (Å²) in [5.74, 6) is 0.809. The lowest BCUT2D eigenvalue weighted by Gasteiger charge is -2.20. The second-order valence-corrected chi connectivity index (χ2v) is 6.00. The van der Waals surface area contributed by atoms with E-state index in [0.717, 1.165) is 12.2 Å². The van der Waals surface area contributed by atoms with Crippen molar-refractivity contribution in [1.29, 1.82) is 0 Å². The highest BCUT2D eigenvalue weighted by Crippen LogP contribution is 2.25. The van der Waals surface area contributed by atoms with Gasteiger partial charge >= 0.3 is 0 Å². The number of nitrogen functional groups attached to an aromatic ring is 1. The first-order valence-electron chi connectivity index (χ1n) is 6.52. The molecule has 100 valence electrons. The van der Waals surface area contributed by atoms with Crippen molar-refractivity contribution in [2.24, 2.45) is 0 Å². The smallest absolute Gasteiger partial charge is 0.132 e. The minimum absolute atomic E-state index is 0.157. The van der Waals surface area contributed by atoms with Crippen LogP contribution in [0.2, 0.25) is 0 Å². The third-order valence-corrected chi connectivity index (χ3v) is 3.29. The Balaban J connectivity index is 2.31. The van der Waals surface area contributed by atoms with E-state index in [-0.39, 0.29) is 5.41 Å². The van der Waals surface area contributed by atoms with Gasteiger partial charge in [-0.25, -0.2) is 9.97 Å². The molecular formula is C16H21N3. The van der Waals surface area contributed by atoms with Crippen LogP contribution in [0.1, 0.15) is 43.3 Å². The minimum atomic E-state index is 0.157. The lowest BCUT2D eigenvalue weighted by Crippen LogP contribution is -2.12. The summed E-state index contributed by atoms with van der Waals surface area (Å²) < 4.78 is 0. The number of hydrogen-bond acceptors (Lipinski definition) is 3. The molecule has 2 rings (SSSR count). The van der Waals surface area contributed by atoms with Crippen LogP contribution in [0.3, 0.4) is 0 Å². The summed E-state index contributed by atoms with van der Waals surface area (Å²) in [6.07, 6.45) is 4.06. The Morgan fingerprint density at radius 1 is 1.11 bits per heavy atom. The second kappa shape index (κ2) is 5.00. The number of nitrogens with two attached hydrogens (primary N) is 1. The molecule has 19 heavy (non-hydrogen) atoms. The molecule has 0 aliphatic carbocycles. The zero-order valence-corrected chi connectivity index (χ0v) is 12.1. The van der Waals surface area contributed by atoms with Crippen molar-refractivity contribution in [3.8, 4) is 0 Å². The van der Waals surface area contributed by atoms with E-state index < -0.39 is 0 Å². The molecule has 0 unspecified atom stereocenters. The second-order valence-electron chi connectivity index (χ2n) is 6.00. The quantitative estimate of drug-likeness (QED) is 0.896. The molecule has 3 heteroatoms. The van der Waals surface area contributed by atoms with Gasteiger partial charge in [0.1, 0.15) is 5.82 Å². The molecule has 0 atom stereocenters. The first-order chi connectivity index (χ1) is 8.86. The van der Waals surface area contributed by atoms with E-state index in [0.29, 0.717) is 5.69 Å². The third-order valence-electron chi connectivity index (χ3n) is 3.29. The summed E-state index contributed by atoms with van der Waals surface area (Å²) in [5.41, 5.74) is 10.2. The van der Waals surface area contributed by atoms with Gasteiger partial charge in [0.2, 0.25) is 0 Å². The Labute approximate surface area is 114 Å². The highest BCUT2D eigenvalue weighted by atomic mass is 14.9. The van der Waals surface area contributed by atoms with E-state index in [9.17, 15) is 0 Å². The molecule has 2 aromatic rings. The summed E-state index contributed by atoms with van der Waals surface area (Å²) in [6.45, 7) is 8.79. The lowest BCUT2D eigenvalue weighted by atomic mass is 9.85. The molecule has 0 saturated carbocycles. The van der Waals surface area contributed by atoms with Crippen LogP contribution in [0.15, 0.2) is 30.6 Å². The van der Waals surface area contributed by atoms with Gasteiger partial charge in [0, 0.05) is 6.42 Å². The van der Waals surface area contributed by atoms with Crippen LogP contribution in [0.4, 0.5) is 5.69 Å². The van der Waals surface area contributed by atoms with Gasteiger partial charge in [-0.1, -0.05) is 39.0 Å².